The van der Waals surface area contributed by atoms with E-state index in [2.05, 4.69) is 0 Å². The van der Waals surface area contributed by atoms with Gasteiger partial charge in [0.1, 0.15) is 5.82 Å². The molecule has 0 fully saturated rings. The molecule has 0 saturated carbocycles. The third-order valence-corrected chi connectivity index (χ3v) is 2.27. The van der Waals surface area contributed by atoms with Crippen LogP contribution in [0, 0.1) is 17.5 Å². The molecule has 1 aromatic carbocycles. The Bertz CT molecular complexity index is 498. The molecule has 0 radical (unpaired) electrons. The van der Waals surface area contributed by atoms with Crippen molar-refractivity contribution in [2.45, 2.75) is 13.3 Å². The second-order valence-corrected chi connectivity index (χ2v) is 3.49. The van der Waals surface area contributed by atoms with Gasteiger partial charge in [-0.05, 0) is 18.6 Å². The van der Waals surface area contributed by atoms with Crippen LogP contribution in [0.5, 0.6) is 0 Å². The van der Waals surface area contributed by atoms with Gasteiger partial charge in [-0.3, -0.25) is 0 Å². The summed E-state index contributed by atoms with van der Waals surface area (Å²) in [5.74, 6) is -4.72. The first kappa shape index (κ1) is 13.1. The Balaban J connectivity index is 3.08. The second-order valence-electron chi connectivity index (χ2n) is 3.49. The van der Waals surface area contributed by atoms with Gasteiger partial charge < -0.3 is 10.8 Å². The topological polar surface area (TPSA) is 63.3 Å². The monoisotopic (exact) mass is 245 g/mol. The molecule has 0 spiro atoms. The average Bonchev–Trinajstić information content (AvgIpc) is 2.24. The standard InChI is InChI=1S/C11H10F3NO2/c1-5(11(16)17)10(15)3-6-2-8(13)9(14)4-7(6)12/h2,4H,3,15H2,1H3,(H,16,17). The Labute approximate surface area is 95.4 Å². The van der Waals surface area contributed by atoms with Crippen molar-refractivity contribution in [2.24, 2.45) is 5.73 Å². The minimum Gasteiger partial charge on any atom is -0.478 e. The first-order valence-corrected chi connectivity index (χ1v) is 4.65. The third-order valence-electron chi connectivity index (χ3n) is 2.27. The highest BCUT2D eigenvalue weighted by Gasteiger charge is 2.13. The molecule has 17 heavy (non-hydrogen) atoms. The third kappa shape index (κ3) is 2.99. The maximum absolute atomic E-state index is 13.2. The van der Waals surface area contributed by atoms with Crippen LogP contribution in [-0.2, 0) is 11.2 Å². The van der Waals surface area contributed by atoms with Crippen LogP contribution in [0.2, 0.25) is 0 Å². The summed E-state index contributed by atoms with van der Waals surface area (Å²) in [5, 5.41) is 8.63. The molecule has 92 valence electrons. The summed E-state index contributed by atoms with van der Waals surface area (Å²) in [4.78, 5) is 10.6. The summed E-state index contributed by atoms with van der Waals surface area (Å²) in [6.07, 6.45) is -0.291. The molecule has 0 heterocycles. The number of carboxylic acids is 1. The fraction of sp³-hybridized carbons (Fsp3) is 0.182. The van der Waals surface area contributed by atoms with Crippen LogP contribution < -0.4 is 5.73 Å². The zero-order valence-corrected chi connectivity index (χ0v) is 8.93. The number of benzene rings is 1. The van der Waals surface area contributed by atoms with E-state index in [1.54, 1.807) is 0 Å². The van der Waals surface area contributed by atoms with Gasteiger partial charge in [0, 0.05) is 18.2 Å². The molecule has 3 nitrogen and oxygen atoms in total. The van der Waals surface area contributed by atoms with Crippen LogP contribution in [0.3, 0.4) is 0 Å². The highest BCUT2D eigenvalue weighted by molar-refractivity contribution is 5.86. The van der Waals surface area contributed by atoms with Crippen LogP contribution in [0.4, 0.5) is 13.2 Å². The quantitative estimate of drug-likeness (QED) is 0.632. The highest BCUT2D eigenvalue weighted by atomic mass is 19.2. The van der Waals surface area contributed by atoms with E-state index in [0.717, 1.165) is 0 Å². The molecule has 0 amide bonds. The summed E-state index contributed by atoms with van der Waals surface area (Å²) < 4.78 is 38.7. The van der Waals surface area contributed by atoms with E-state index in [1.807, 2.05) is 0 Å². The molecule has 0 bridgehead atoms. The van der Waals surface area contributed by atoms with E-state index in [9.17, 15) is 18.0 Å². The van der Waals surface area contributed by atoms with Gasteiger partial charge in [0.05, 0.1) is 5.57 Å². The Kier molecular flexibility index (Phi) is 3.77. The van der Waals surface area contributed by atoms with Crippen molar-refractivity contribution >= 4 is 5.97 Å². The van der Waals surface area contributed by atoms with Crippen LogP contribution in [0.1, 0.15) is 12.5 Å². The largest absolute Gasteiger partial charge is 0.478 e. The Morgan fingerprint density at radius 1 is 1.24 bits per heavy atom. The summed E-state index contributed by atoms with van der Waals surface area (Å²) in [5.41, 5.74) is 4.96. The molecular weight excluding hydrogens is 235 g/mol. The zero-order valence-electron chi connectivity index (χ0n) is 8.93. The van der Waals surface area contributed by atoms with E-state index in [-0.39, 0.29) is 23.3 Å². The molecule has 0 aliphatic rings. The van der Waals surface area contributed by atoms with Gasteiger partial charge in [-0.2, -0.15) is 0 Å². The molecule has 0 aliphatic heterocycles. The maximum Gasteiger partial charge on any atom is 0.333 e. The lowest BCUT2D eigenvalue weighted by Gasteiger charge is -2.06. The number of hydrogen-bond acceptors (Lipinski definition) is 2. The number of carbonyl (C=O) groups is 1. The number of aliphatic carboxylic acids is 1. The average molecular weight is 245 g/mol. The number of carboxylic acid groups (broad SMARTS) is 1. The number of rotatable bonds is 3. The fourth-order valence-electron chi connectivity index (χ4n) is 1.17. The van der Waals surface area contributed by atoms with Gasteiger partial charge in [-0.15, -0.1) is 0 Å². The lowest BCUT2D eigenvalue weighted by Crippen LogP contribution is -2.11. The van der Waals surface area contributed by atoms with Crippen LogP contribution in [-0.4, -0.2) is 11.1 Å². The Morgan fingerprint density at radius 3 is 2.29 bits per heavy atom. The Hall–Kier alpha value is -1.98. The molecule has 3 N–H and O–H groups in total. The fourth-order valence-corrected chi connectivity index (χ4v) is 1.17. The van der Waals surface area contributed by atoms with Crippen molar-refractivity contribution in [1.29, 1.82) is 0 Å². The molecular formula is C11H10F3NO2. The van der Waals surface area contributed by atoms with Crippen molar-refractivity contribution in [3.63, 3.8) is 0 Å². The van der Waals surface area contributed by atoms with E-state index >= 15 is 0 Å². The van der Waals surface area contributed by atoms with Gasteiger partial charge in [-0.1, -0.05) is 0 Å². The number of halogens is 3. The summed E-state index contributed by atoms with van der Waals surface area (Å²) in [6.45, 7) is 1.25. The molecule has 0 saturated heterocycles. The number of nitrogens with two attached hydrogens (primary N) is 1. The SMILES string of the molecule is CC(C(=O)O)=C(N)Cc1cc(F)c(F)cc1F. The van der Waals surface area contributed by atoms with Gasteiger partial charge in [0.2, 0.25) is 0 Å². The smallest absolute Gasteiger partial charge is 0.333 e. The molecule has 0 aromatic heterocycles. The molecule has 0 unspecified atom stereocenters. The van der Waals surface area contributed by atoms with Crippen LogP contribution >= 0.6 is 0 Å². The van der Waals surface area contributed by atoms with Crippen molar-refractivity contribution in [2.75, 3.05) is 0 Å². The van der Waals surface area contributed by atoms with Crippen LogP contribution in [0.15, 0.2) is 23.4 Å². The van der Waals surface area contributed by atoms with Crippen molar-refractivity contribution in [3.05, 3.63) is 46.4 Å². The van der Waals surface area contributed by atoms with Gasteiger partial charge in [0.25, 0.3) is 0 Å². The Morgan fingerprint density at radius 2 is 1.76 bits per heavy atom. The first-order valence-electron chi connectivity index (χ1n) is 4.65. The molecule has 0 atom stereocenters. The van der Waals surface area contributed by atoms with E-state index in [4.69, 9.17) is 10.8 Å². The normalized spacial score (nSPS) is 12.2. The second kappa shape index (κ2) is 4.90. The number of hydrogen-bond donors (Lipinski definition) is 2. The van der Waals surface area contributed by atoms with E-state index < -0.39 is 23.4 Å². The predicted octanol–water partition coefficient (Wildman–Crippen LogP) is 1.96. The molecule has 0 aliphatic carbocycles. The molecule has 1 aromatic rings. The maximum atomic E-state index is 13.2. The number of allylic oxidation sites excluding steroid dienone is 1. The van der Waals surface area contributed by atoms with Crippen molar-refractivity contribution in [1.82, 2.24) is 0 Å². The van der Waals surface area contributed by atoms with Gasteiger partial charge >= 0.3 is 5.97 Å². The van der Waals surface area contributed by atoms with Gasteiger partial charge in [-0.25, -0.2) is 18.0 Å². The minimum atomic E-state index is -1.30. The minimum absolute atomic E-state index is 0.109. The lowest BCUT2D eigenvalue weighted by atomic mass is 10.1. The van der Waals surface area contributed by atoms with E-state index in [0.29, 0.717) is 12.1 Å². The summed E-state index contributed by atoms with van der Waals surface area (Å²) >= 11 is 0. The zero-order chi connectivity index (χ0) is 13.2. The molecule has 6 heteroatoms. The lowest BCUT2D eigenvalue weighted by molar-refractivity contribution is -0.132. The summed E-state index contributed by atoms with van der Waals surface area (Å²) in [6, 6.07) is 1.06. The highest BCUT2D eigenvalue weighted by Crippen LogP contribution is 2.16. The molecule has 1 rings (SSSR count). The summed E-state index contributed by atoms with van der Waals surface area (Å²) in [7, 11) is 0. The van der Waals surface area contributed by atoms with Crippen LogP contribution in [0.25, 0.3) is 0 Å². The van der Waals surface area contributed by atoms with Crippen molar-refractivity contribution < 1.29 is 23.1 Å². The first-order chi connectivity index (χ1) is 7.82. The predicted molar refractivity (Wildman–Crippen MR) is 54.5 cm³/mol. The van der Waals surface area contributed by atoms with Gasteiger partial charge in [0.15, 0.2) is 11.6 Å². The van der Waals surface area contributed by atoms with E-state index in [1.165, 1.54) is 6.92 Å². The van der Waals surface area contributed by atoms with Crippen molar-refractivity contribution in [3.8, 4) is 0 Å².